The molecule has 0 bridgehead atoms. The Balaban J connectivity index is 2.19. The highest BCUT2D eigenvalue weighted by atomic mass is 16.5. The lowest BCUT2D eigenvalue weighted by Gasteiger charge is -2.06. The predicted molar refractivity (Wildman–Crippen MR) is 70.8 cm³/mol. The van der Waals surface area contributed by atoms with Gasteiger partial charge in [-0.05, 0) is 24.1 Å². The van der Waals surface area contributed by atoms with Gasteiger partial charge in [-0.15, -0.1) is 0 Å². The second-order valence-electron chi connectivity index (χ2n) is 4.15. The van der Waals surface area contributed by atoms with E-state index in [0.717, 1.165) is 31.6 Å². The molecule has 0 heterocycles. The second-order valence-corrected chi connectivity index (χ2v) is 4.15. The molecular weight excluding hydrogens is 230 g/mol. The van der Waals surface area contributed by atoms with Crippen molar-refractivity contribution >= 4 is 5.97 Å². The lowest BCUT2D eigenvalue weighted by Crippen LogP contribution is -2.19. The molecule has 18 heavy (non-hydrogen) atoms. The Morgan fingerprint density at radius 1 is 1.39 bits per heavy atom. The number of carboxylic acids is 1. The molecular formula is C14H21NO3. The van der Waals surface area contributed by atoms with Gasteiger partial charge in [-0.3, -0.25) is 0 Å². The first-order chi connectivity index (χ1) is 8.74. The molecule has 2 N–H and O–H groups in total. The minimum atomic E-state index is -0.889. The zero-order valence-corrected chi connectivity index (χ0v) is 10.8. The van der Waals surface area contributed by atoms with Crippen LogP contribution in [0.4, 0.5) is 0 Å². The van der Waals surface area contributed by atoms with E-state index in [0.29, 0.717) is 18.7 Å². The number of carboxylic acid groups (broad SMARTS) is 1. The Morgan fingerprint density at radius 2 is 2.22 bits per heavy atom. The van der Waals surface area contributed by atoms with E-state index in [1.807, 2.05) is 6.07 Å². The van der Waals surface area contributed by atoms with Crippen LogP contribution in [0.2, 0.25) is 0 Å². The summed E-state index contributed by atoms with van der Waals surface area (Å²) in [5.74, 6) is -0.889. The van der Waals surface area contributed by atoms with E-state index >= 15 is 0 Å². The fourth-order valence-corrected chi connectivity index (χ4v) is 1.54. The molecule has 0 radical (unpaired) electrons. The first-order valence-electron chi connectivity index (χ1n) is 6.34. The van der Waals surface area contributed by atoms with Crippen molar-refractivity contribution in [2.75, 3.05) is 19.8 Å². The van der Waals surface area contributed by atoms with Crippen molar-refractivity contribution in [1.82, 2.24) is 5.32 Å². The quantitative estimate of drug-likeness (QED) is 0.661. The summed E-state index contributed by atoms with van der Waals surface area (Å²) in [5.41, 5.74) is 1.30. The van der Waals surface area contributed by atoms with Crippen LogP contribution in [-0.4, -0.2) is 30.8 Å². The molecule has 0 saturated heterocycles. The van der Waals surface area contributed by atoms with Gasteiger partial charge in [0.15, 0.2) is 0 Å². The maximum absolute atomic E-state index is 10.8. The zero-order chi connectivity index (χ0) is 13.2. The maximum atomic E-state index is 10.8. The van der Waals surface area contributed by atoms with Gasteiger partial charge >= 0.3 is 5.97 Å². The van der Waals surface area contributed by atoms with Gasteiger partial charge in [-0.25, -0.2) is 4.79 Å². The van der Waals surface area contributed by atoms with Crippen molar-refractivity contribution in [3.8, 4) is 0 Å². The number of aromatic carboxylic acids is 1. The molecule has 1 aromatic carbocycles. The van der Waals surface area contributed by atoms with E-state index in [1.54, 1.807) is 18.2 Å². The van der Waals surface area contributed by atoms with Crippen LogP contribution in [0, 0.1) is 0 Å². The van der Waals surface area contributed by atoms with Crippen LogP contribution < -0.4 is 5.32 Å². The average molecular weight is 251 g/mol. The number of rotatable bonds is 9. The normalized spacial score (nSPS) is 10.5. The maximum Gasteiger partial charge on any atom is 0.335 e. The van der Waals surface area contributed by atoms with Gasteiger partial charge in [0.05, 0.1) is 12.2 Å². The molecule has 1 aromatic rings. The van der Waals surface area contributed by atoms with Gasteiger partial charge in [-0.1, -0.05) is 25.5 Å². The second kappa shape index (κ2) is 8.66. The van der Waals surface area contributed by atoms with Crippen LogP contribution in [-0.2, 0) is 11.3 Å². The third kappa shape index (κ3) is 5.80. The van der Waals surface area contributed by atoms with Crippen LogP contribution in [0.5, 0.6) is 0 Å². The number of carbonyl (C=O) groups is 1. The van der Waals surface area contributed by atoms with Crippen LogP contribution in [0.25, 0.3) is 0 Å². The molecule has 0 spiro atoms. The van der Waals surface area contributed by atoms with Crippen LogP contribution in [0.3, 0.4) is 0 Å². The highest BCUT2D eigenvalue weighted by Crippen LogP contribution is 2.04. The zero-order valence-electron chi connectivity index (χ0n) is 10.8. The molecule has 0 unspecified atom stereocenters. The van der Waals surface area contributed by atoms with E-state index in [9.17, 15) is 4.79 Å². The molecule has 0 aromatic heterocycles. The van der Waals surface area contributed by atoms with E-state index < -0.39 is 5.97 Å². The summed E-state index contributed by atoms with van der Waals surface area (Å²) in [6, 6.07) is 6.96. The van der Waals surface area contributed by atoms with Crippen molar-refractivity contribution in [2.24, 2.45) is 0 Å². The molecule has 0 saturated carbocycles. The molecule has 0 fully saturated rings. The van der Waals surface area contributed by atoms with Gasteiger partial charge in [0.2, 0.25) is 0 Å². The summed E-state index contributed by atoms with van der Waals surface area (Å²) < 4.78 is 5.42. The molecule has 4 nitrogen and oxygen atoms in total. The minimum Gasteiger partial charge on any atom is -0.478 e. The van der Waals surface area contributed by atoms with E-state index in [-0.39, 0.29) is 0 Å². The highest BCUT2D eigenvalue weighted by molar-refractivity contribution is 5.87. The van der Waals surface area contributed by atoms with Gasteiger partial charge in [0, 0.05) is 19.7 Å². The van der Waals surface area contributed by atoms with Crippen molar-refractivity contribution in [3.63, 3.8) is 0 Å². The van der Waals surface area contributed by atoms with Gasteiger partial charge in [0.25, 0.3) is 0 Å². The minimum absolute atomic E-state index is 0.327. The van der Waals surface area contributed by atoms with Crippen LogP contribution in [0.15, 0.2) is 24.3 Å². The summed E-state index contributed by atoms with van der Waals surface area (Å²) in [6.45, 7) is 5.08. The van der Waals surface area contributed by atoms with E-state index in [2.05, 4.69) is 12.2 Å². The van der Waals surface area contributed by atoms with Crippen molar-refractivity contribution in [2.45, 2.75) is 26.3 Å². The van der Waals surface area contributed by atoms with Crippen molar-refractivity contribution in [3.05, 3.63) is 35.4 Å². The Hall–Kier alpha value is -1.39. The first kappa shape index (κ1) is 14.7. The number of hydrogen-bond donors (Lipinski definition) is 2. The summed E-state index contributed by atoms with van der Waals surface area (Å²) in [7, 11) is 0. The number of unbranched alkanes of at least 4 members (excludes halogenated alkanes) is 1. The first-order valence-corrected chi connectivity index (χ1v) is 6.34. The number of hydrogen-bond acceptors (Lipinski definition) is 3. The monoisotopic (exact) mass is 251 g/mol. The fourth-order valence-electron chi connectivity index (χ4n) is 1.54. The summed E-state index contributed by atoms with van der Waals surface area (Å²) in [4.78, 5) is 10.8. The molecule has 0 aliphatic carbocycles. The topological polar surface area (TPSA) is 58.6 Å². The Labute approximate surface area is 108 Å². The van der Waals surface area contributed by atoms with Gasteiger partial charge < -0.3 is 15.2 Å². The number of benzene rings is 1. The Kier molecular flexibility index (Phi) is 7.06. The molecule has 0 aliphatic heterocycles. The lowest BCUT2D eigenvalue weighted by molar-refractivity contribution is 0.0696. The van der Waals surface area contributed by atoms with E-state index in [4.69, 9.17) is 9.84 Å². The highest BCUT2D eigenvalue weighted by Gasteiger charge is 2.02. The summed E-state index contributed by atoms with van der Waals surface area (Å²) in [6.07, 6.45) is 2.25. The van der Waals surface area contributed by atoms with Gasteiger partial charge in [-0.2, -0.15) is 0 Å². The van der Waals surface area contributed by atoms with Gasteiger partial charge in [0.1, 0.15) is 0 Å². The number of ether oxygens (including phenoxy) is 1. The molecule has 1 rings (SSSR count). The molecule has 0 atom stereocenters. The number of nitrogens with one attached hydrogen (secondary N) is 1. The van der Waals surface area contributed by atoms with Crippen molar-refractivity contribution in [1.29, 1.82) is 0 Å². The third-order valence-corrected chi connectivity index (χ3v) is 2.57. The largest absolute Gasteiger partial charge is 0.478 e. The summed E-state index contributed by atoms with van der Waals surface area (Å²) in [5, 5.41) is 12.1. The molecule has 0 aliphatic rings. The van der Waals surface area contributed by atoms with Crippen LogP contribution >= 0.6 is 0 Å². The SMILES string of the molecule is CCCCOCCNCc1cccc(C(=O)O)c1. The van der Waals surface area contributed by atoms with Crippen LogP contribution in [0.1, 0.15) is 35.7 Å². The van der Waals surface area contributed by atoms with E-state index in [1.165, 1.54) is 0 Å². The summed E-state index contributed by atoms with van der Waals surface area (Å²) >= 11 is 0. The predicted octanol–water partition coefficient (Wildman–Crippen LogP) is 2.29. The Morgan fingerprint density at radius 3 is 2.94 bits per heavy atom. The average Bonchev–Trinajstić information content (AvgIpc) is 2.38. The van der Waals surface area contributed by atoms with Crippen molar-refractivity contribution < 1.29 is 14.6 Å². The third-order valence-electron chi connectivity index (χ3n) is 2.57. The Bertz CT molecular complexity index is 366. The standard InChI is InChI=1S/C14H21NO3/c1-2-3-8-18-9-7-15-11-12-5-4-6-13(10-12)14(16)17/h4-6,10,15H,2-3,7-9,11H2,1H3,(H,16,17). The fraction of sp³-hybridized carbons (Fsp3) is 0.500. The smallest absolute Gasteiger partial charge is 0.335 e. The lowest BCUT2D eigenvalue weighted by atomic mass is 10.1. The molecule has 100 valence electrons. The molecule has 4 heteroatoms. The molecule has 0 amide bonds.